The number of rotatable bonds is 6. The molecule has 0 aliphatic carbocycles. The van der Waals surface area contributed by atoms with Gasteiger partial charge in [-0.25, -0.2) is 4.79 Å². The van der Waals surface area contributed by atoms with Crippen molar-refractivity contribution in [2.45, 2.75) is 25.8 Å². The fourth-order valence-electron chi connectivity index (χ4n) is 2.59. The average Bonchev–Trinajstić information content (AvgIpc) is 2.52. The van der Waals surface area contributed by atoms with Gasteiger partial charge in [0.25, 0.3) is 0 Å². The van der Waals surface area contributed by atoms with E-state index in [0.29, 0.717) is 18.7 Å². The Kier molecular flexibility index (Phi) is 5.14. The van der Waals surface area contributed by atoms with Crippen LogP contribution in [0.5, 0.6) is 0 Å². The number of piperazine rings is 1. The first-order valence-electron chi connectivity index (χ1n) is 7.44. The molecule has 2 rings (SSSR count). The van der Waals surface area contributed by atoms with Gasteiger partial charge in [-0.3, -0.25) is 9.59 Å². The summed E-state index contributed by atoms with van der Waals surface area (Å²) in [5.41, 5.74) is 0.498. The molecule has 2 amide bonds. The van der Waals surface area contributed by atoms with Gasteiger partial charge in [-0.05, 0) is 12.0 Å². The first-order valence-corrected chi connectivity index (χ1v) is 7.44. The Labute approximate surface area is 129 Å². The van der Waals surface area contributed by atoms with E-state index in [1.165, 1.54) is 4.90 Å². The lowest BCUT2D eigenvalue weighted by Gasteiger charge is -2.36. The van der Waals surface area contributed by atoms with Gasteiger partial charge in [-0.2, -0.15) is 0 Å². The number of hydrogen-bond donors (Lipinski definition) is 1. The van der Waals surface area contributed by atoms with Crippen LogP contribution >= 0.6 is 0 Å². The molecule has 6 nitrogen and oxygen atoms in total. The molecular formula is C16H20N2O4. The van der Waals surface area contributed by atoms with Gasteiger partial charge in [0.15, 0.2) is 6.04 Å². The zero-order chi connectivity index (χ0) is 16.1. The molecule has 1 fully saturated rings. The molecule has 0 bridgehead atoms. The van der Waals surface area contributed by atoms with Gasteiger partial charge in [0, 0.05) is 19.6 Å². The second-order valence-electron chi connectivity index (χ2n) is 5.30. The van der Waals surface area contributed by atoms with Crippen molar-refractivity contribution in [2.75, 3.05) is 19.6 Å². The van der Waals surface area contributed by atoms with Crippen LogP contribution in [0.3, 0.4) is 0 Å². The second-order valence-corrected chi connectivity index (χ2v) is 5.30. The highest BCUT2D eigenvalue weighted by Gasteiger charge is 2.39. The SMILES string of the molecule is CCCCN1CCN(C(C(=O)O)c2ccccc2)C(=O)C1=O. The number of carboxylic acids is 1. The highest BCUT2D eigenvalue weighted by Crippen LogP contribution is 2.23. The number of carbonyl (C=O) groups excluding carboxylic acids is 2. The van der Waals surface area contributed by atoms with Gasteiger partial charge in [-0.1, -0.05) is 43.7 Å². The number of carbonyl (C=O) groups is 3. The van der Waals surface area contributed by atoms with Crippen LogP contribution in [-0.4, -0.2) is 52.3 Å². The van der Waals surface area contributed by atoms with Crippen molar-refractivity contribution in [3.05, 3.63) is 35.9 Å². The molecule has 1 aromatic rings. The molecule has 1 unspecified atom stereocenters. The highest BCUT2D eigenvalue weighted by molar-refractivity contribution is 6.35. The predicted molar refractivity (Wildman–Crippen MR) is 80.0 cm³/mol. The van der Waals surface area contributed by atoms with Crippen LogP contribution < -0.4 is 0 Å². The van der Waals surface area contributed by atoms with Crippen molar-refractivity contribution in [3.63, 3.8) is 0 Å². The van der Waals surface area contributed by atoms with Crippen LogP contribution in [0, 0.1) is 0 Å². The van der Waals surface area contributed by atoms with Gasteiger partial charge in [0.05, 0.1) is 0 Å². The molecule has 1 N–H and O–H groups in total. The third-order valence-electron chi connectivity index (χ3n) is 3.78. The molecule has 1 saturated heterocycles. The Hall–Kier alpha value is -2.37. The second kappa shape index (κ2) is 7.06. The third-order valence-corrected chi connectivity index (χ3v) is 3.78. The Morgan fingerprint density at radius 2 is 1.86 bits per heavy atom. The molecular weight excluding hydrogens is 284 g/mol. The lowest BCUT2D eigenvalue weighted by Crippen LogP contribution is -2.56. The van der Waals surface area contributed by atoms with Gasteiger partial charge < -0.3 is 14.9 Å². The molecule has 1 aliphatic rings. The summed E-state index contributed by atoms with van der Waals surface area (Å²) in [4.78, 5) is 38.7. The number of amides is 2. The van der Waals surface area contributed by atoms with Crippen molar-refractivity contribution < 1.29 is 19.5 Å². The van der Waals surface area contributed by atoms with Crippen molar-refractivity contribution in [1.82, 2.24) is 9.80 Å². The van der Waals surface area contributed by atoms with E-state index in [2.05, 4.69) is 0 Å². The van der Waals surface area contributed by atoms with Crippen LogP contribution in [0.2, 0.25) is 0 Å². The van der Waals surface area contributed by atoms with Crippen LogP contribution in [0.4, 0.5) is 0 Å². The molecule has 0 spiro atoms. The van der Waals surface area contributed by atoms with E-state index >= 15 is 0 Å². The Balaban J connectivity index is 2.19. The zero-order valence-corrected chi connectivity index (χ0v) is 12.6. The molecule has 1 aliphatic heterocycles. The van der Waals surface area contributed by atoms with Crippen molar-refractivity contribution >= 4 is 17.8 Å². The standard InChI is InChI=1S/C16H20N2O4/c1-2-3-9-17-10-11-18(15(20)14(17)19)13(16(21)22)12-7-5-4-6-8-12/h4-8,13H,2-3,9-11H2,1H3,(H,21,22). The van der Waals surface area contributed by atoms with Gasteiger partial charge >= 0.3 is 17.8 Å². The fraction of sp³-hybridized carbons (Fsp3) is 0.438. The number of benzene rings is 1. The minimum Gasteiger partial charge on any atom is -0.479 e. The molecule has 1 heterocycles. The number of hydrogen-bond acceptors (Lipinski definition) is 3. The summed E-state index contributed by atoms with van der Waals surface area (Å²) in [5, 5.41) is 9.47. The van der Waals surface area contributed by atoms with Crippen LogP contribution in [-0.2, 0) is 14.4 Å². The van der Waals surface area contributed by atoms with Gasteiger partial charge in [0.2, 0.25) is 0 Å². The summed E-state index contributed by atoms with van der Waals surface area (Å²) in [6.07, 6.45) is 1.77. The van der Waals surface area contributed by atoms with E-state index < -0.39 is 23.8 Å². The van der Waals surface area contributed by atoms with Crippen LogP contribution in [0.1, 0.15) is 31.4 Å². The Morgan fingerprint density at radius 3 is 2.45 bits per heavy atom. The lowest BCUT2D eigenvalue weighted by atomic mass is 10.0. The van der Waals surface area contributed by atoms with E-state index in [4.69, 9.17) is 0 Å². The molecule has 1 atom stereocenters. The summed E-state index contributed by atoms with van der Waals surface area (Å²) in [6.45, 7) is 3.16. The molecule has 0 radical (unpaired) electrons. The van der Waals surface area contributed by atoms with Crippen LogP contribution in [0.15, 0.2) is 30.3 Å². The van der Waals surface area contributed by atoms with E-state index in [1.807, 2.05) is 6.92 Å². The largest absolute Gasteiger partial charge is 0.479 e. The van der Waals surface area contributed by atoms with Crippen LogP contribution in [0.25, 0.3) is 0 Å². The number of nitrogens with zero attached hydrogens (tertiary/aromatic N) is 2. The molecule has 6 heteroatoms. The number of carboxylic acid groups (broad SMARTS) is 1. The predicted octanol–water partition coefficient (Wildman–Crippen LogP) is 1.28. The van der Waals surface area contributed by atoms with E-state index in [-0.39, 0.29) is 6.54 Å². The quantitative estimate of drug-likeness (QED) is 0.803. The van der Waals surface area contributed by atoms with Crippen molar-refractivity contribution in [2.24, 2.45) is 0 Å². The molecule has 118 valence electrons. The zero-order valence-electron chi connectivity index (χ0n) is 12.6. The molecule has 0 aromatic heterocycles. The maximum Gasteiger partial charge on any atom is 0.331 e. The smallest absolute Gasteiger partial charge is 0.331 e. The van der Waals surface area contributed by atoms with E-state index in [1.54, 1.807) is 30.3 Å². The first-order chi connectivity index (χ1) is 10.6. The summed E-state index contributed by atoms with van der Waals surface area (Å²) in [7, 11) is 0. The lowest BCUT2D eigenvalue weighted by molar-refractivity contribution is -0.162. The first kappa shape index (κ1) is 16.0. The normalized spacial score (nSPS) is 16.8. The summed E-state index contributed by atoms with van der Waals surface area (Å²) in [6, 6.07) is 7.40. The molecule has 0 saturated carbocycles. The maximum atomic E-state index is 12.3. The van der Waals surface area contributed by atoms with Crippen molar-refractivity contribution in [3.8, 4) is 0 Å². The average molecular weight is 304 g/mol. The Morgan fingerprint density at radius 1 is 1.18 bits per heavy atom. The van der Waals surface area contributed by atoms with E-state index in [9.17, 15) is 19.5 Å². The Bertz CT molecular complexity index is 559. The van der Waals surface area contributed by atoms with Gasteiger partial charge in [-0.15, -0.1) is 0 Å². The van der Waals surface area contributed by atoms with Crippen molar-refractivity contribution in [1.29, 1.82) is 0 Å². The number of unbranched alkanes of at least 4 members (excludes halogenated alkanes) is 1. The summed E-state index contributed by atoms with van der Waals surface area (Å²) < 4.78 is 0. The highest BCUT2D eigenvalue weighted by atomic mass is 16.4. The van der Waals surface area contributed by atoms with E-state index in [0.717, 1.165) is 17.7 Å². The topological polar surface area (TPSA) is 77.9 Å². The monoisotopic (exact) mass is 304 g/mol. The summed E-state index contributed by atoms with van der Waals surface area (Å²) in [5.74, 6) is -2.48. The molecule has 1 aromatic carbocycles. The van der Waals surface area contributed by atoms with Gasteiger partial charge in [0.1, 0.15) is 0 Å². The third kappa shape index (κ3) is 3.27. The minimum atomic E-state index is -1.13. The minimum absolute atomic E-state index is 0.236. The number of aliphatic carboxylic acids is 1. The molecule has 22 heavy (non-hydrogen) atoms. The summed E-state index contributed by atoms with van der Waals surface area (Å²) >= 11 is 0. The maximum absolute atomic E-state index is 12.3. The fourth-order valence-corrected chi connectivity index (χ4v) is 2.59.